The maximum absolute atomic E-state index is 12.3. The Morgan fingerprint density at radius 2 is 2.14 bits per heavy atom. The summed E-state index contributed by atoms with van der Waals surface area (Å²) in [6, 6.07) is 0. The van der Waals surface area contributed by atoms with Gasteiger partial charge in [0.25, 0.3) is 0 Å². The Morgan fingerprint density at radius 3 is 2.82 bits per heavy atom. The van der Waals surface area contributed by atoms with Crippen molar-refractivity contribution in [1.82, 2.24) is 14.5 Å². The van der Waals surface area contributed by atoms with E-state index in [1.807, 2.05) is 0 Å². The Labute approximate surface area is 134 Å². The Hall–Kier alpha value is -1.06. The Kier molecular flexibility index (Phi) is 4.47. The van der Waals surface area contributed by atoms with Gasteiger partial charge in [0.05, 0.1) is 11.7 Å². The number of carbonyl (C=O) groups is 1. The normalized spacial score (nSPS) is 23.4. The number of aromatic nitrogens is 2. The summed E-state index contributed by atoms with van der Waals surface area (Å²) in [5, 5.41) is 12.4. The van der Waals surface area contributed by atoms with Crippen LogP contribution in [-0.2, 0) is 14.8 Å². The monoisotopic (exact) mass is 344 g/mol. The third kappa shape index (κ3) is 3.47. The van der Waals surface area contributed by atoms with Gasteiger partial charge in [0.15, 0.2) is 0 Å². The van der Waals surface area contributed by atoms with Crippen molar-refractivity contribution in [1.29, 1.82) is 0 Å². The van der Waals surface area contributed by atoms with E-state index in [-0.39, 0.29) is 24.1 Å². The standard InChI is InChI=1S/C13H20N4O3S2/c1-2-22(19,20)17-7-3-4-10(8-17)11(18)14-13-16-15-12(21-13)9-5-6-9/h9-10H,2-8H2,1H3,(H,14,16,18)/t10-/m1/s1. The average molecular weight is 344 g/mol. The molecule has 1 amide bonds. The van der Waals surface area contributed by atoms with Crippen molar-refractivity contribution in [3.8, 4) is 0 Å². The fourth-order valence-corrected chi connectivity index (χ4v) is 4.67. The van der Waals surface area contributed by atoms with Crippen LogP contribution in [0.25, 0.3) is 0 Å². The van der Waals surface area contributed by atoms with Crippen LogP contribution in [-0.4, -0.2) is 47.7 Å². The van der Waals surface area contributed by atoms with Gasteiger partial charge in [-0.3, -0.25) is 4.79 Å². The van der Waals surface area contributed by atoms with E-state index in [2.05, 4.69) is 15.5 Å². The van der Waals surface area contributed by atoms with Gasteiger partial charge in [-0.1, -0.05) is 11.3 Å². The van der Waals surface area contributed by atoms with Gasteiger partial charge in [-0.05, 0) is 32.6 Å². The molecule has 1 atom stereocenters. The van der Waals surface area contributed by atoms with Crippen molar-refractivity contribution < 1.29 is 13.2 Å². The zero-order valence-electron chi connectivity index (χ0n) is 12.5. The molecule has 1 saturated carbocycles. The number of carbonyl (C=O) groups excluding carboxylic acids is 1. The van der Waals surface area contributed by atoms with Crippen molar-refractivity contribution >= 4 is 32.4 Å². The van der Waals surface area contributed by atoms with Crippen LogP contribution in [0.15, 0.2) is 0 Å². The molecule has 0 spiro atoms. The lowest BCUT2D eigenvalue weighted by Crippen LogP contribution is -2.44. The molecule has 122 valence electrons. The molecular weight excluding hydrogens is 324 g/mol. The van der Waals surface area contributed by atoms with E-state index in [0.29, 0.717) is 30.4 Å². The van der Waals surface area contributed by atoms with Crippen LogP contribution in [0.4, 0.5) is 5.13 Å². The van der Waals surface area contributed by atoms with Gasteiger partial charge in [0.1, 0.15) is 5.01 Å². The van der Waals surface area contributed by atoms with Crippen LogP contribution in [0.1, 0.15) is 43.5 Å². The number of rotatable bonds is 5. The van der Waals surface area contributed by atoms with E-state index in [1.165, 1.54) is 15.6 Å². The number of nitrogens with zero attached hydrogens (tertiary/aromatic N) is 3. The number of nitrogens with one attached hydrogen (secondary N) is 1. The molecule has 0 radical (unpaired) electrons. The second kappa shape index (κ2) is 6.21. The molecule has 2 aliphatic rings. The van der Waals surface area contributed by atoms with Gasteiger partial charge in [-0.2, -0.15) is 0 Å². The van der Waals surface area contributed by atoms with Crippen molar-refractivity contribution in [3.05, 3.63) is 5.01 Å². The summed E-state index contributed by atoms with van der Waals surface area (Å²) in [6.07, 6.45) is 3.71. The highest BCUT2D eigenvalue weighted by molar-refractivity contribution is 7.89. The molecule has 7 nitrogen and oxygen atoms in total. The molecule has 0 bridgehead atoms. The lowest BCUT2D eigenvalue weighted by molar-refractivity contribution is -0.120. The van der Waals surface area contributed by atoms with Crippen LogP contribution in [0.2, 0.25) is 0 Å². The van der Waals surface area contributed by atoms with Crippen LogP contribution >= 0.6 is 11.3 Å². The summed E-state index contributed by atoms with van der Waals surface area (Å²) < 4.78 is 25.3. The number of hydrogen-bond acceptors (Lipinski definition) is 6. The smallest absolute Gasteiger partial charge is 0.230 e. The first-order chi connectivity index (χ1) is 10.5. The van der Waals surface area contributed by atoms with E-state index < -0.39 is 10.0 Å². The number of amides is 1. The van der Waals surface area contributed by atoms with Crippen LogP contribution in [0, 0.1) is 5.92 Å². The topological polar surface area (TPSA) is 92.3 Å². The molecule has 1 N–H and O–H groups in total. The third-order valence-electron chi connectivity index (χ3n) is 4.11. The minimum Gasteiger partial charge on any atom is -0.300 e. The molecular formula is C13H20N4O3S2. The van der Waals surface area contributed by atoms with Crippen LogP contribution < -0.4 is 5.32 Å². The predicted molar refractivity (Wildman–Crippen MR) is 84.3 cm³/mol. The van der Waals surface area contributed by atoms with E-state index in [9.17, 15) is 13.2 Å². The molecule has 1 aromatic heterocycles. The molecule has 2 heterocycles. The zero-order valence-corrected chi connectivity index (χ0v) is 14.1. The molecule has 1 saturated heterocycles. The molecule has 2 fully saturated rings. The number of sulfonamides is 1. The first-order valence-corrected chi connectivity index (χ1v) is 10.0. The molecule has 3 rings (SSSR count). The number of piperidine rings is 1. The van der Waals surface area contributed by atoms with E-state index >= 15 is 0 Å². The lowest BCUT2D eigenvalue weighted by atomic mass is 9.99. The van der Waals surface area contributed by atoms with Gasteiger partial charge in [0, 0.05) is 19.0 Å². The lowest BCUT2D eigenvalue weighted by Gasteiger charge is -2.30. The average Bonchev–Trinajstić information content (AvgIpc) is 3.27. The fourth-order valence-electron chi connectivity index (χ4n) is 2.58. The first kappa shape index (κ1) is 15.8. The van der Waals surface area contributed by atoms with E-state index in [0.717, 1.165) is 17.8 Å². The second-order valence-corrected chi connectivity index (χ2v) is 9.07. The molecule has 0 unspecified atom stereocenters. The molecule has 1 aromatic rings. The van der Waals surface area contributed by atoms with Crippen LogP contribution in [0.3, 0.4) is 0 Å². The number of anilines is 1. The molecule has 22 heavy (non-hydrogen) atoms. The van der Waals surface area contributed by atoms with Crippen molar-refractivity contribution in [2.45, 2.75) is 38.5 Å². The summed E-state index contributed by atoms with van der Waals surface area (Å²) in [4.78, 5) is 12.3. The molecule has 0 aromatic carbocycles. The Morgan fingerprint density at radius 1 is 1.36 bits per heavy atom. The summed E-state index contributed by atoms with van der Waals surface area (Å²) in [5.41, 5.74) is 0. The van der Waals surface area contributed by atoms with Crippen molar-refractivity contribution in [2.24, 2.45) is 5.92 Å². The largest absolute Gasteiger partial charge is 0.300 e. The SMILES string of the molecule is CCS(=O)(=O)N1CCC[C@@H](C(=O)Nc2nnc(C3CC3)s2)C1. The third-order valence-corrected chi connectivity index (χ3v) is 6.96. The highest BCUT2D eigenvalue weighted by Crippen LogP contribution is 2.42. The second-order valence-electron chi connectivity index (χ2n) is 5.81. The van der Waals surface area contributed by atoms with Crippen LogP contribution in [0.5, 0.6) is 0 Å². The highest BCUT2D eigenvalue weighted by Gasteiger charge is 2.32. The van der Waals surface area contributed by atoms with Crippen molar-refractivity contribution in [2.75, 3.05) is 24.2 Å². The van der Waals surface area contributed by atoms with E-state index in [4.69, 9.17) is 0 Å². The maximum Gasteiger partial charge on any atom is 0.230 e. The fraction of sp³-hybridized carbons (Fsp3) is 0.769. The summed E-state index contributed by atoms with van der Waals surface area (Å²) >= 11 is 1.42. The Balaban J connectivity index is 1.61. The van der Waals surface area contributed by atoms with Crippen molar-refractivity contribution in [3.63, 3.8) is 0 Å². The minimum absolute atomic E-state index is 0.0719. The molecule has 1 aliphatic heterocycles. The van der Waals surface area contributed by atoms with Gasteiger partial charge in [-0.15, -0.1) is 10.2 Å². The highest BCUT2D eigenvalue weighted by atomic mass is 32.2. The predicted octanol–water partition coefficient (Wildman–Crippen LogP) is 1.42. The van der Waals surface area contributed by atoms with E-state index in [1.54, 1.807) is 6.92 Å². The first-order valence-electron chi connectivity index (χ1n) is 7.61. The molecule has 1 aliphatic carbocycles. The summed E-state index contributed by atoms with van der Waals surface area (Å²) in [6.45, 7) is 2.39. The zero-order chi connectivity index (χ0) is 15.7. The minimum atomic E-state index is -3.23. The van der Waals surface area contributed by atoms with Gasteiger partial charge in [0.2, 0.25) is 21.1 Å². The summed E-state index contributed by atoms with van der Waals surface area (Å²) in [7, 11) is -3.23. The number of hydrogen-bond donors (Lipinski definition) is 1. The quantitative estimate of drug-likeness (QED) is 0.872. The van der Waals surface area contributed by atoms with Gasteiger partial charge in [-0.25, -0.2) is 12.7 Å². The molecule has 9 heteroatoms. The maximum atomic E-state index is 12.3. The van der Waals surface area contributed by atoms with Gasteiger partial charge < -0.3 is 5.32 Å². The summed E-state index contributed by atoms with van der Waals surface area (Å²) in [5.74, 6) is 0.114. The Bertz CT molecular complexity index is 654. The van der Waals surface area contributed by atoms with Gasteiger partial charge >= 0.3 is 0 Å².